The average Bonchev–Trinajstić information content (AvgIpc) is 3.44. The molecule has 47 heavy (non-hydrogen) atoms. The number of nitrogens with zero attached hydrogens (tertiary/aromatic N) is 4. The van der Waals surface area contributed by atoms with Crippen molar-refractivity contribution in [2.24, 2.45) is 0 Å². The van der Waals surface area contributed by atoms with E-state index >= 15 is 0 Å². The van der Waals surface area contributed by atoms with Crippen LogP contribution in [0.2, 0.25) is 0 Å². The summed E-state index contributed by atoms with van der Waals surface area (Å²) < 4.78 is 29.2. The lowest BCUT2D eigenvalue weighted by Crippen LogP contribution is -2.32. The molecular weight excluding hydrogens is 609 g/mol. The third-order valence-electron chi connectivity index (χ3n) is 9.18. The first kappa shape index (κ1) is 32.6. The quantitative estimate of drug-likeness (QED) is 0.206. The van der Waals surface area contributed by atoms with Gasteiger partial charge in [0.25, 0.3) is 15.9 Å². The number of aliphatic hydroxyl groups is 1. The SMILES string of the molecule is Cc1ccc(S(=O)(=O)n2cc(-c3ccc(C(=O)N(C)C[C@@H](C)O)cc3)c3cc(-c4ccc(C5CCCN(C)C5)c(C)c4)cnc32)cc1. The molecule has 2 atom stereocenters. The fraction of sp³-hybridized carbons (Fsp3) is 0.316. The summed E-state index contributed by atoms with van der Waals surface area (Å²) in [6.45, 7) is 8.14. The number of pyridine rings is 1. The Morgan fingerprint density at radius 1 is 1.00 bits per heavy atom. The van der Waals surface area contributed by atoms with Crippen LogP contribution in [-0.4, -0.2) is 78.0 Å². The Bertz CT molecular complexity index is 2030. The molecule has 1 N–H and O–H groups in total. The smallest absolute Gasteiger partial charge is 0.269 e. The van der Waals surface area contributed by atoms with Gasteiger partial charge in [0.05, 0.1) is 11.0 Å². The van der Waals surface area contributed by atoms with E-state index in [2.05, 4.69) is 37.1 Å². The molecule has 0 spiro atoms. The minimum Gasteiger partial charge on any atom is -0.392 e. The predicted molar refractivity (Wildman–Crippen MR) is 187 cm³/mol. The number of hydrogen-bond acceptors (Lipinski definition) is 6. The van der Waals surface area contributed by atoms with Gasteiger partial charge in [-0.25, -0.2) is 17.4 Å². The third-order valence-corrected chi connectivity index (χ3v) is 10.8. The lowest BCUT2D eigenvalue weighted by molar-refractivity contribution is 0.0703. The molecule has 0 aliphatic carbocycles. The van der Waals surface area contributed by atoms with Crippen molar-refractivity contribution in [3.05, 3.63) is 107 Å². The molecule has 1 unspecified atom stereocenters. The summed E-state index contributed by atoms with van der Waals surface area (Å²) >= 11 is 0. The van der Waals surface area contributed by atoms with Crippen LogP contribution in [0.4, 0.5) is 0 Å². The normalized spacial score (nSPS) is 16.3. The van der Waals surface area contributed by atoms with Gasteiger partial charge in [-0.1, -0.05) is 48.0 Å². The summed E-state index contributed by atoms with van der Waals surface area (Å²) in [5.74, 6) is 0.308. The summed E-state index contributed by atoms with van der Waals surface area (Å²) in [6, 6.07) is 22.5. The zero-order chi connectivity index (χ0) is 33.5. The van der Waals surface area contributed by atoms with Gasteiger partial charge in [0.2, 0.25) is 0 Å². The molecule has 1 amide bonds. The molecular formula is C38H42N4O4S. The highest BCUT2D eigenvalue weighted by atomic mass is 32.2. The van der Waals surface area contributed by atoms with Gasteiger partial charge in [-0.3, -0.25) is 4.79 Å². The van der Waals surface area contributed by atoms with Crippen molar-refractivity contribution in [1.82, 2.24) is 18.8 Å². The highest BCUT2D eigenvalue weighted by molar-refractivity contribution is 7.90. The summed E-state index contributed by atoms with van der Waals surface area (Å²) in [5, 5.41) is 10.4. The number of aliphatic hydroxyl groups excluding tert-OH is 1. The molecule has 1 aliphatic heterocycles. The van der Waals surface area contributed by atoms with Gasteiger partial charge in [-0.05, 0) is 106 Å². The lowest BCUT2D eigenvalue weighted by atomic mass is 9.87. The molecule has 6 rings (SSSR count). The molecule has 2 aromatic heterocycles. The number of likely N-dealkylation sites (N-methyl/N-ethyl adjacent to an activating group) is 2. The Balaban J connectivity index is 1.44. The number of benzene rings is 3. The molecule has 0 saturated carbocycles. The molecule has 8 nitrogen and oxygen atoms in total. The van der Waals surface area contributed by atoms with E-state index in [1.165, 1.54) is 32.8 Å². The van der Waals surface area contributed by atoms with Gasteiger partial charge >= 0.3 is 0 Å². The van der Waals surface area contributed by atoms with Crippen LogP contribution in [0.3, 0.4) is 0 Å². The molecule has 1 fully saturated rings. The number of fused-ring (bicyclic) bond motifs is 1. The van der Waals surface area contributed by atoms with E-state index in [-0.39, 0.29) is 17.3 Å². The van der Waals surface area contributed by atoms with Gasteiger partial charge in [-0.15, -0.1) is 0 Å². The Hall–Kier alpha value is -4.31. The van der Waals surface area contributed by atoms with E-state index in [1.807, 2.05) is 25.1 Å². The van der Waals surface area contributed by atoms with E-state index in [0.717, 1.165) is 35.3 Å². The van der Waals surface area contributed by atoms with Crippen LogP contribution in [0.25, 0.3) is 33.3 Å². The first-order valence-corrected chi connectivity index (χ1v) is 17.5. The van der Waals surface area contributed by atoms with E-state index in [9.17, 15) is 18.3 Å². The van der Waals surface area contributed by atoms with Crippen molar-refractivity contribution in [2.45, 2.75) is 50.5 Å². The van der Waals surface area contributed by atoms with Crippen LogP contribution in [0.15, 0.2) is 90.1 Å². The van der Waals surface area contributed by atoms with Crippen LogP contribution < -0.4 is 0 Å². The van der Waals surface area contributed by atoms with E-state index in [4.69, 9.17) is 4.98 Å². The molecule has 1 saturated heterocycles. The van der Waals surface area contributed by atoms with E-state index < -0.39 is 16.1 Å². The number of piperidine rings is 1. The zero-order valence-electron chi connectivity index (χ0n) is 27.6. The Morgan fingerprint density at radius 3 is 2.36 bits per heavy atom. The van der Waals surface area contributed by atoms with Crippen molar-refractivity contribution in [2.75, 3.05) is 33.7 Å². The van der Waals surface area contributed by atoms with Gasteiger partial charge in [0.15, 0.2) is 5.65 Å². The number of rotatable bonds is 8. The Labute approximate surface area is 277 Å². The highest BCUT2D eigenvalue weighted by Crippen LogP contribution is 2.36. The van der Waals surface area contributed by atoms with Crippen LogP contribution in [-0.2, 0) is 10.0 Å². The van der Waals surface area contributed by atoms with Gasteiger partial charge in [0.1, 0.15) is 0 Å². The molecule has 3 aromatic carbocycles. The molecule has 244 valence electrons. The first-order valence-electron chi connectivity index (χ1n) is 16.1. The predicted octanol–water partition coefficient (Wildman–Crippen LogP) is 6.49. The van der Waals surface area contributed by atoms with E-state index in [1.54, 1.807) is 62.8 Å². The number of aromatic nitrogens is 2. The fourth-order valence-electron chi connectivity index (χ4n) is 6.70. The number of carbonyl (C=O) groups excluding carboxylic acids is 1. The number of carbonyl (C=O) groups is 1. The summed E-state index contributed by atoms with van der Waals surface area (Å²) in [5.41, 5.74) is 7.76. The van der Waals surface area contributed by atoms with Gasteiger partial charge in [0, 0.05) is 54.6 Å². The standard InChI is InChI=1S/C38H42N4O4S/c1-25-8-15-33(16-9-25)47(45,46)42-24-36(28-10-12-29(13-11-28)38(44)41(5)22-27(3)43)35-20-32(21-39-37(35)42)30-14-17-34(26(2)19-30)31-7-6-18-40(4)23-31/h8-17,19-21,24,27,31,43H,6-7,18,22-23H2,1-5H3/t27-,31?/m1/s1. The van der Waals surface area contributed by atoms with Crippen LogP contribution in [0, 0.1) is 13.8 Å². The minimum absolute atomic E-state index is 0.180. The Kier molecular flexibility index (Phi) is 9.07. The second-order valence-corrected chi connectivity index (χ2v) is 14.9. The highest BCUT2D eigenvalue weighted by Gasteiger charge is 2.25. The number of hydrogen-bond donors (Lipinski definition) is 1. The molecule has 9 heteroatoms. The van der Waals surface area contributed by atoms with Crippen LogP contribution in [0.5, 0.6) is 0 Å². The summed E-state index contributed by atoms with van der Waals surface area (Å²) in [6.07, 6.45) is 5.12. The van der Waals surface area contributed by atoms with Crippen molar-refractivity contribution in [3.63, 3.8) is 0 Å². The van der Waals surface area contributed by atoms with E-state index in [0.29, 0.717) is 28.1 Å². The second-order valence-electron chi connectivity index (χ2n) is 13.0. The lowest BCUT2D eigenvalue weighted by Gasteiger charge is -2.31. The summed E-state index contributed by atoms with van der Waals surface area (Å²) in [4.78, 5) is 21.8. The van der Waals surface area contributed by atoms with Crippen molar-refractivity contribution >= 4 is 27.0 Å². The van der Waals surface area contributed by atoms with Crippen molar-refractivity contribution in [3.8, 4) is 22.3 Å². The minimum atomic E-state index is -3.95. The number of aryl methyl sites for hydroxylation is 2. The molecule has 0 bridgehead atoms. The van der Waals surface area contributed by atoms with Crippen LogP contribution in [0.1, 0.15) is 52.7 Å². The van der Waals surface area contributed by atoms with Gasteiger partial charge in [-0.2, -0.15) is 0 Å². The van der Waals surface area contributed by atoms with Crippen molar-refractivity contribution in [1.29, 1.82) is 0 Å². The molecule has 1 aliphatic rings. The third kappa shape index (κ3) is 6.61. The molecule has 3 heterocycles. The topological polar surface area (TPSA) is 95.7 Å². The maximum absolute atomic E-state index is 14.0. The molecule has 0 radical (unpaired) electrons. The number of amides is 1. The van der Waals surface area contributed by atoms with Crippen molar-refractivity contribution < 1.29 is 18.3 Å². The van der Waals surface area contributed by atoms with Crippen LogP contribution >= 0.6 is 0 Å². The maximum Gasteiger partial charge on any atom is 0.269 e. The Morgan fingerprint density at radius 2 is 1.70 bits per heavy atom. The monoisotopic (exact) mass is 650 g/mol. The molecule has 5 aromatic rings. The first-order chi connectivity index (χ1) is 22.4. The largest absolute Gasteiger partial charge is 0.392 e. The maximum atomic E-state index is 14.0. The van der Waals surface area contributed by atoms with Gasteiger partial charge < -0.3 is 14.9 Å². The average molecular weight is 651 g/mol. The fourth-order valence-corrected chi connectivity index (χ4v) is 8.02. The second kappa shape index (κ2) is 13.1. The zero-order valence-corrected chi connectivity index (χ0v) is 28.5. The summed E-state index contributed by atoms with van der Waals surface area (Å²) in [7, 11) is -0.119. The number of likely N-dealkylation sites (tertiary alicyclic amines) is 1.